The molecule has 3 heterocycles. The van der Waals surface area contributed by atoms with Crippen LogP contribution in [-0.2, 0) is 4.74 Å². The third-order valence-electron chi connectivity index (χ3n) is 3.74. The van der Waals surface area contributed by atoms with Crippen molar-refractivity contribution in [3.05, 3.63) is 35.9 Å². The van der Waals surface area contributed by atoms with Crippen LogP contribution < -0.4 is 10.2 Å². The van der Waals surface area contributed by atoms with E-state index in [0.29, 0.717) is 24.8 Å². The lowest BCUT2D eigenvalue weighted by Gasteiger charge is -2.28. The first-order valence-electron chi connectivity index (χ1n) is 7.27. The molecule has 1 amide bonds. The quantitative estimate of drug-likeness (QED) is 0.916. The lowest BCUT2D eigenvalue weighted by atomic mass is 10.4. The van der Waals surface area contributed by atoms with Crippen molar-refractivity contribution in [3.8, 4) is 0 Å². The molecule has 1 saturated heterocycles. The van der Waals surface area contributed by atoms with Crippen LogP contribution in [0.15, 0.2) is 24.5 Å². The van der Waals surface area contributed by atoms with E-state index in [2.05, 4.69) is 20.2 Å². The van der Waals surface area contributed by atoms with Crippen LogP contribution in [0.2, 0.25) is 0 Å². The number of nitrogens with one attached hydrogen (secondary N) is 1. The minimum atomic E-state index is -0.229. The molecule has 2 aromatic rings. The van der Waals surface area contributed by atoms with Gasteiger partial charge in [0.2, 0.25) is 5.95 Å². The van der Waals surface area contributed by atoms with Gasteiger partial charge in [-0.25, -0.2) is 14.3 Å². The maximum Gasteiger partial charge on any atom is 0.333 e. The number of carbonyl (C=O) groups is 1. The van der Waals surface area contributed by atoms with Gasteiger partial charge in [-0.15, -0.1) is 0 Å². The topological polar surface area (TPSA) is 72.3 Å². The van der Waals surface area contributed by atoms with Crippen molar-refractivity contribution in [2.45, 2.75) is 13.8 Å². The number of amides is 1. The summed E-state index contributed by atoms with van der Waals surface area (Å²) in [6, 6.07) is 3.36. The predicted octanol–water partition coefficient (Wildman–Crippen LogP) is 1.81. The first-order valence-corrected chi connectivity index (χ1v) is 7.27. The van der Waals surface area contributed by atoms with Gasteiger partial charge in [0.05, 0.1) is 30.8 Å². The highest BCUT2D eigenvalue weighted by Gasteiger charge is 2.23. The van der Waals surface area contributed by atoms with Crippen molar-refractivity contribution in [3.63, 3.8) is 0 Å². The van der Waals surface area contributed by atoms with Crippen molar-refractivity contribution in [1.29, 1.82) is 0 Å². The van der Waals surface area contributed by atoms with Gasteiger partial charge < -0.3 is 15.0 Å². The molecule has 2 aromatic heterocycles. The molecule has 0 radical (unpaired) electrons. The van der Waals surface area contributed by atoms with Crippen LogP contribution >= 0.6 is 0 Å². The Kier molecular flexibility index (Phi) is 4.06. The summed E-state index contributed by atoms with van der Waals surface area (Å²) in [7, 11) is 0. The van der Waals surface area contributed by atoms with Crippen LogP contribution in [-0.4, -0.2) is 46.9 Å². The molecule has 0 spiro atoms. The molecule has 0 aliphatic carbocycles. The summed E-state index contributed by atoms with van der Waals surface area (Å²) in [5, 5.41) is 2.86. The maximum atomic E-state index is 12.6. The Hall–Kier alpha value is -2.41. The fourth-order valence-electron chi connectivity index (χ4n) is 2.43. The molecule has 0 bridgehead atoms. The highest BCUT2D eigenvalue weighted by atomic mass is 16.5. The molecule has 1 N–H and O–H groups in total. The normalized spacial score (nSPS) is 14.9. The van der Waals surface area contributed by atoms with Gasteiger partial charge in [-0.05, 0) is 26.0 Å². The van der Waals surface area contributed by atoms with Crippen LogP contribution in [0.3, 0.4) is 0 Å². The fourth-order valence-corrected chi connectivity index (χ4v) is 2.43. The van der Waals surface area contributed by atoms with Crippen LogP contribution in [0.4, 0.5) is 16.4 Å². The van der Waals surface area contributed by atoms with Gasteiger partial charge in [-0.3, -0.25) is 4.98 Å². The summed E-state index contributed by atoms with van der Waals surface area (Å²) in [5.41, 5.74) is 2.34. The number of imidazole rings is 1. The van der Waals surface area contributed by atoms with E-state index in [1.807, 2.05) is 13.8 Å². The van der Waals surface area contributed by atoms with Crippen LogP contribution in [0.25, 0.3) is 0 Å². The second kappa shape index (κ2) is 6.15. The van der Waals surface area contributed by atoms with Gasteiger partial charge >= 0.3 is 6.03 Å². The molecule has 1 aliphatic heterocycles. The largest absolute Gasteiger partial charge is 0.378 e. The molecule has 7 nitrogen and oxygen atoms in total. The number of hydrogen-bond donors (Lipinski definition) is 1. The van der Waals surface area contributed by atoms with Crippen molar-refractivity contribution >= 4 is 17.7 Å². The molecule has 1 aliphatic rings. The van der Waals surface area contributed by atoms with Gasteiger partial charge in [0.1, 0.15) is 0 Å². The van der Waals surface area contributed by atoms with Gasteiger partial charge in [0, 0.05) is 25.0 Å². The first kappa shape index (κ1) is 14.5. The average molecular weight is 301 g/mol. The molecule has 0 atom stereocenters. The Labute approximate surface area is 128 Å². The number of carbonyl (C=O) groups excluding carboxylic acids is 1. The third-order valence-corrected chi connectivity index (χ3v) is 3.74. The van der Waals surface area contributed by atoms with E-state index in [1.54, 1.807) is 29.1 Å². The van der Waals surface area contributed by atoms with Crippen molar-refractivity contribution in [1.82, 2.24) is 14.5 Å². The van der Waals surface area contributed by atoms with Gasteiger partial charge in [-0.2, -0.15) is 0 Å². The van der Waals surface area contributed by atoms with Crippen molar-refractivity contribution in [2.75, 3.05) is 36.5 Å². The van der Waals surface area contributed by atoms with Crippen molar-refractivity contribution < 1.29 is 9.53 Å². The van der Waals surface area contributed by atoms with Crippen LogP contribution in [0.1, 0.15) is 11.4 Å². The van der Waals surface area contributed by atoms with Gasteiger partial charge in [-0.1, -0.05) is 0 Å². The number of pyridine rings is 1. The summed E-state index contributed by atoms with van der Waals surface area (Å²) in [6.45, 7) is 6.57. The molecular weight excluding hydrogens is 282 g/mol. The standard InChI is InChI=1S/C15H19N5O2/c1-11-12(2)20(14(17-11)19-6-8-22-9-7-19)15(21)18-13-4-3-5-16-10-13/h3-5,10H,6-9H2,1-2H3,(H,18,21). The zero-order valence-electron chi connectivity index (χ0n) is 12.7. The van der Waals surface area contributed by atoms with Crippen LogP contribution in [0.5, 0.6) is 0 Å². The van der Waals surface area contributed by atoms with E-state index in [0.717, 1.165) is 24.5 Å². The second-order valence-corrected chi connectivity index (χ2v) is 5.19. The fraction of sp³-hybridized carbons (Fsp3) is 0.400. The Morgan fingerprint density at radius 2 is 2.09 bits per heavy atom. The predicted molar refractivity (Wildman–Crippen MR) is 83.4 cm³/mol. The number of morpholine rings is 1. The highest BCUT2D eigenvalue weighted by Crippen LogP contribution is 2.20. The number of rotatable bonds is 2. The minimum absolute atomic E-state index is 0.229. The average Bonchev–Trinajstić information content (AvgIpc) is 2.85. The zero-order chi connectivity index (χ0) is 15.5. The smallest absolute Gasteiger partial charge is 0.333 e. The Morgan fingerprint density at radius 3 is 2.77 bits per heavy atom. The van der Waals surface area contributed by atoms with Gasteiger partial charge in [0.15, 0.2) is 0 Å². The number of hydrogen-bond acceptors (Lipinski definition) is 5. The minimum Gasteiger partial charge on any atom is -0.378 e. The molecular formula is C15H19N5O2. The van der Waals surface area contributed by atoms with E-state index < -0.39 is 0 Å². The number of aryl methyl sites for hydroxylation is 1. The molecule has 1 fully saturated rings. The summed E-state index contributed by atoms with van der Waals surface area (Å²) < 4.78 is 6.99. The van der Waals surface area contributed by atoms with E-state index >= 15 is 0 Å². The SMILES string of the molecule is Cc1nc(N2CCOCC2)n(C(=O)Nc2cccnc2)c1C. The molecule has 116 valence electrons. The second-order valence-electron chi connectivity index (χ2n) is 5.19. The maximum absolute atomic E-state index is 12.6. The molecule has 7 heteroatoms. The van der Waals surface area contributed by atoms with Crippen molar-refractivity contribution in [2.24, 2.45) is 0 Å². The van der Waals surface area contributed by atoms with E-state index in [1.165, 1.54) is 0 Å². The Balaban J connectivity index is 1.90. The summed E-state index contributed by atoms with van der Waals surface area (Å²) >= 11 is 0. The molecule has 3 rings (SSSR count). The summed E-state index contributed by atoms with van der Waals surface area (Å²) in [5.74, 6) is 0.666. The Bertz CT molecular complexity index is 662. The number of anilines is 2. The first-order chi connectivity index (χ1) is 10.7. The highest BCUT2D eigenvalue weighted by molar-refractivity contribution is 5.93. The zero-order valence-corrected chi connectivity index (χ0v) is 12.7. The molecule has 0 aromatic carbocycles. The lowest BCUT2D eigenvalue weighted by molar-refractivity contribution is 0.122. The number of ether oxygens (including phenoxy) is 1. The molecule has 22 heavy (non-hydrogen) atoms. The summed E-state index contributed by atoms with van der Waals surface area (Å²) in [4.78, 5) is 23.3. The lowest BCUT2D eigenvalue weighted by Crippen LogP contribution is -2.39. The third kappa shape index (κ3) is 2.80. The molecule has 0 unspecified atom stereocenters. The van der Waals surface area contributed by atoms with Crippen LogP contribution in [0, 0.1) is 13.8 Å². The van der Waals surface area contributed by atoms with Gasteiger partial charge in [0.25, 0.3) is 0 Å². The van der Waals surface area contributed by atoms with E-state index in [-0.39, 0.29) is 6.03 Å². The van der Waals surface area contributed by atoms with E-state index in [9.17, 15) is 4.79 Å². The monoisotopic (exact) mass is 301 g/mol. The Morgan fingerprint density at radius 1 is 1.32 bits per heavy atom. The number of nitrogens with zero attached hydrogens (tertiary/aromatic N) is 4. The molecule has 0 saturated carbocycles. The van der Waals surface area contributed by atoms with E-state index in [4.69, 9.17) is 4.74 Å². The summed E-state index contributed by atoms with van der Waals surface area (Å²) in [6.07, 6.45) is 3.28. The number of aromatic nitrogens is 3.